The predicted octanol–water partition coefficient (Wildman–Crippen LogP) is 4.06. The number of benzene rings is 1. The van der Waals surface area contributed by atoms with E-state index >= 15 is 0 Å². The number of hydrogen-bond acceptors (Lipinski definition) is 7. The molecule has 8 heteroatoms. The number of anilines is 1. The van der Waals surface area contributed by atoms with Gasteiger partial charge in [-0.1, -0.05) is 25.1 Å². The summed E-state index contributed by atoms with van der Waals surface area (Å²) in [5, 5.41) is 15.5. The van der Waals surface area contributed by atoms with Gasteiger partial charge in [-0.05, 0) is 55.2 Å². The molecule has 4 aliphatic heterocycles. The molecule has 0 saturated carbocycles. The van der Waals surface area contributed by atoms with E-state index in [2.05, 4.69) is 81.8 Å². The average molecular weight is 485 g/mol. The predicted molar refractivity (Wildman–Crippen MR) is 138 cm³/mol. The Morgan fingerprint density at radius 1 is 1.14 bits per heavy atom. The smallest absolute Gasteiger partial charge is 0.250 e. The summed E-state index contributed by atoms with van der Waals surface area (Å²) in [6.07, 6.45) is 4.92. The number of morpholine rings is 1. The normalized spacial score (nSPS) is 26.6. The first-order chi connectivity index (χ1) is 17.4. The first kappa shape index (κ1) is 22.9. The molecule has 5 heterocycles. The maximum Gasteiger partial charge on any atom is 0.250 e. The lowest BCUT2D eigenvalue weighted by atomic mass is 9.62. The summed E-state index contributed by atoms with van der Waals surface area (Å²) in [6.45, 7) is 9.38. The van der Waals surface area contributed by atoms with Crippen LogP contribution in [0.25, 0.3) is 11.1 Å². The van der Waals surface area contributed by atoms with E-state index in [0.29, 0.717) is 0 Å². The van der Waals surface area contributed by atoms with E-state index < -0.39 is 5.41 Å². The Morgan fingerprint density at radius 3 is 2.75 bits per heavy atom. The number of aromatic nitrogens is 1. The van der Waals surface area contributed by atoms with Crippen LogP contribution in [-0.4, -0.2) is 48.9 Å². The zero-order valence-electron chi connectivity index (χ0n) is 21.0. The van der Waals surface area contributed by atoms with Gasteiger partial charge >= 0.3 is 0 Å². The number of nitrogens with one attached hydrogen (secondary N) is 2. The average Bonchev–Trinajstić information content (AvgIpc) is 3.36. The molecule has 1 unspecified atom stereocenters. The van der Waals surface area contributed by atoms with Gasteiger partial charge in [0.15, 0.2) is 6.17 Å². The van der Waals surface area contributed by atoms with Crippen molar-refractivity contribution in [3.05, 3.63) is 71.2 Å². The van der Waals surface area contributed by atoms with E-state index in [1.54, 1.807) is 0 Å². The third kappa shape index (κ3) is 3.63. The van der Waals surface area contributed by atoms with Gasteiger partial charge in [-0.25, -0.2) is 4.98 Å². The number of amides is 1. The molecule has 1 aromatic heterocycles. The summed E-state index contributed by atoms with van der Waals surface area (Å²) >= 11 is 0. The van der Waals surface area contributed by atoms with Crippen molar-refractivity contribution in [3.8, 4) is 11.1 Å². The molecular formula is C28H32N6O2. The highest BCUT2D eigenvalue weighted by Crippen LogP contribution is 2.51. The number of hydrogen-bond donors (Lipinski definition) is 2. The third-order valence-electron chi connectivity index (χ3n) is 7.80. The van der Waals surface area contributed by atoms with Gasteiger partial charge in [-0.15, -0.1) is 0 Å². The molecule has 186 valence electrons. The van der Waals surface area contributed by atoms with Crippen LogP contribution in [0.5, 0.6) is 0 Å². The second-order valence-electron chi connectivity index (χ2n) is 10.6. The summed E-state index contributed by atoms with van der Waals surface area (Å²) < 4.78 is 5.51. The van der Waals surface area contributed by atoms with Crippen LogP contribution in [0, 0.1) is 0 Å². The van der Waals surface area contributed by atoms with E-state index in [9.17, 15) is 4.79 Å². The first-order valence-electron chi connectivity index (χ1n) is 12.7. The van der Waals surface area contributed by atoms with Crippen molar-refractivity contribution < 1.29 is 9.53 Å². The fourth-order valence-corrected chi connectivity index (χ4v) is 6.13. The zero-order chi connectivity index (χ0) is 24.9. The number of azo groups is 1. The summed E-state index contributed by atoms with van der Waals surface area (Å²) in [4.78, 5) is 20.5. The molecule has 0 aliphatic carbocycles. The number of carbonyl (C=O) groups is 1. The van der Waals surface area contributed by atoms with Crippen molar-refractivity contribution in [1.29, 1.82) is 0 Å². The van der Waals surface area contributed by atoms with Gasteiger partial charge in [0.25, 0.3) is 5.91 Å². The van der Waals surface area contributed by atoms with E-state index in [-0.39, 0.29) is 17.6 Å². The maximum atomic E-state index is 13.6. The SMILES string of the molecule is CC[C@]1(c2cccc(-c3ccnc(N4CCOCC4)c3)c2)C2=CN=NC2NC2=C1C(=O)NC(C)(C)C2. The molecule has 1 saturated heterocycles. The van der Waals surface area contributed by atoms with Gasteiger partial charge in [-0.3, -0.25) is 4.79 Å². The number of fused-ring (bicyclic) bond motifs is 1. The number of nitrogens with zero attached hydrogens (tertiary/aromatic N) is 4. The number of ether oxygens (including phenoxy) is 1. The Hall–Kier alpha value is -3.52. The highest BCUT2D eigenvalue weighted by Gasteiger charge is 2.53. The molecule has 2 atom stereocenters. The molecule has 0 spiro atoms. The Labute approximate surface area is 211 Å². The Kier molecular flexibility index (Phi) is 5.44. The number of pyridine rings is 1. The molecule has 1 fully saturated rings. The molecule has 6 rings (SSSR count). The van der Waals surface area contributed by atoms with Crippen LogP contribution in [0.2, 0.25) is 0 Å². The van der Waals surface area contributed by atoms with Crippen LogP contribution in [-0.2, 0) is 14.9 Å². The van der Waals surface area contributed by atoms with Crippen molar-refractivity contribution in [2.45, 2.75) is 50.7 Å². The summed E-state index contributed by atoms with van der Waals surface area (Å²) in [5.74, 6) is 0.939. The second-order valence-corrected chi connectivity index (χ2v) is 10.6. The maximum absolute atomic E-state index is 13.6. The molecule has 8 nitrogen and oxygen atoms in total. The number of rotatable bonds is 4. The van der Waals surface area contributed by atoms with Crippen LogP contribution in [0.15, 0.2) is 75.9 Å². The fraction of sp³-hybridized carbons (Fsp3) is 0.429. The third-order valence-corrected chi connectivity index (χ3v) is 7.80. The quantitative estimate of drug-likeness (QED) is 0.683. The lowest BCUT2D eigenvalue weighted by Crippen LogP contribution is -2.58. The molecule has 0 bridgehead atoms. The molecule has 1 aromatic carbocycles. The second kappa shape index (κ2) is 8.55. The summed E-state index contributed by atoms with van der Waals surface area (Å²) in [5.41, 5.74) is 5.14. The minimum Gasteiger partial charge on any atom is -0.378 e. The van der Waals surface area contributed by atoms with Crippen molar-refractivity contribution in [3.63, 3.8) is 0 Å². The van der Waals surface area contributed by atoms with E-state index in [0.717, 1.165) is 78.5 Å². The highest BCUT2D eigenvalue weighted by atomic mass is 16.5. The molecule has 2 N–H and O–H groups in total. The topological polar surface area (TPSA) is 91.2 Å². The molecule has 4 aliphatic rings. The molecular weight excluding hydrogens is 452 g/mol. The van der Waals surface area contributed by atoms with Gasteiger partial charge < -0.3 is 20.3 Å². The van der Waals surface area contributed by atoms with Crippen LogP contribution in [0.4, 0.5) is 5.82 Å². The van der Waals surface area contributed by atoms with Crippen LogP contribution < -0.4 is 15.5 Å². The minimum absolute atomic E-state index is 0.0224. The van der Waals surface area contributed by atoms with Crippen molar-refractivity contribution in [1.82, 2.24) is 15.6 Å². The first-order valence-corrected chi connectivity index (χ1v) is 12.7. The van der Waals surface area contributed by atoms with E-state index in [1.165, 1.54) is 0 Å². The van der Waals surface area contributed by atoms with Gasteiger partial charge in [0, 0.05) is 42.5 Å². The summed E-state index contributed by atoms with van der Waals surface area (Å²) in [6, 6.07) is 12.8. The van der Waals surface area contributed by atoms with Crippen molar-refractivity contribution in [2.24, 2.45) is 10.2 Å². The Morgan fingerprint density at radius 2 is 1.94 bits per heavy atom. The van der Waals surface area contributed by atoms with Gasteiger partial charge in [0.05, 0.1) is 30.4 Å². The minimum atomic E-state index is -0.606. The lowest BCUT2D eigenvalue weighted by Gasteiger charge is -2.48. The van der Waals surface area contributed by atoms with Crippen molar-refractivity contribution in [2.75, 3.05) is 31.2 Å². The fourth-order valence-electron chi connectivity index (χ4n) is 6.13. The van der Waals surface area contributed by atoms with Gasteiger partial charge in [0.1, 0.15) is 5.82 Å². The highest BCUT2D eigenvalue weighted by molar-refractivity contribution is 6.00. The van der Waals surface area contributed by atoms with Gasteiger partial charge in [0.2, 0.25) is 0 Å². The molecule has 2 aromatic rings. The standard InChI is InChI=1S/C28H32N6O2/c1-4-28(21-17-30-33-25(21)31-22-16-27(2,3)32-26(35)24(22)28)20-7-5-6-18(14-20)19-8-9-29-23(15-19)34-10-12-36-13-11-34/h5-9,14-15,17,25,31H,4,10-13,16H2,1-3H3,(H,32,35)/t25?,28-/m0/s1. The van der Waals surface area contributed by atoms with Crippen LogP contribution >= 0.6 is 0 Å². The largest absolute Gasteiger partial charge is 0.378 e. The number of carbonyl (C=O) groups excluding carboxylic acids is 1. The van der Waals surface area contributed by atoms with E-state index in [4.69, 9.17) is 4.74 Å². The zero-order valence-corrected chi connectivity index (χ0v) is 21.0. The van der Waals surface area contributed by atoms with Crippen molar-refractivity contribution >= 4 is 11.7 Å². The van der Waals surface area contributed by atoms with Crippen LogP contribution in [0.1, 0.15) is 39.2 Å². The van der Waals surface area contributed by atoms with Crippen LogP contribution in [0.3, 0.4) is 0 Å². The molecule has 1 amide bonds. The Balaban J connectivity index is 1.47. The monoisotopic (exact) mass is 484 g/mol. The van der Waals surface area contributed by atoms with E-state index in [1.807, 2.05) is 18.5 Å². The lowest BCUT2D eigenvalue weighted by molar-refractivity contribution is -0.120. The Bertz CT molecular complexity index is 1310. The van der Waals surface area contributed by atoms with Gasteiger partial charge in [-0.2, -0.15) is 10.2 Å². The summed E-state index contributed by atoms with van der Waals surface area (Å²) in [7, 11) is 0. The molecule has 0 radical (unpaired) electrons. The molecule has 36 heavy (non-hydrogen) atoms.